The molecule has 0 bridgehead atoms. The van der Waals surface area contributed by atoms with Gasteiger partial charge in [-0.05, 0) is 20.1 Å². The molecule has 0 radical (unpaired) electrons. The summed E-state index contributed by atoms with van der Waals surface area (Å²) < 4.78 is 11.2. The summed E-state index contributed by atoms with van der Waals surface area (Å²) in [6.45, 7) is 3.66. The molecular formula is C10H18O4S. The van der Waals surface area contributed by atoms with Gasteiger partial charge in [-0.2, -0.15) is 11.8 Å². The lowest BCUT2D eigenvalue weighted by Crippen LogP contribution is -2.46. The van der Waals surface area contributed by atoms with Crippen molar-refractivity contribution in [1.29, 1.82) is 0 Å². The van der Waals surface area contributed by atoms with E-state index in [2.05, 4.69) is 0 Å². The van der Waals surface area contributed by atoms with E-state index in [0.29, 0.717) is 6.42 Å². The van der Waals surface area contributed by atoms with Crippen LogP contribution in [0, 0.1) is 0 Å². The van der Waals surface area contributed by atoms with Gasteiger partial charge in [-0.25, -0.2) is 0 Å². The molecular weight excluding hydrogens is 216 g/mol. The summed E-state index contributed by atoms with van der Waals surface area (Å²) in [4.78, 5) is 10.6. The molecule has 2 atom stereocenters. The van der Waals surface area contributed by atoms with E-state index in [9.17, 15) is 4.79 Å². The first kappa shape index (κ1) is 12.8. The van der Waals surface area contributed by atoms with E-state index in [4.69, 9.17) is 14.6 Å². The fourth-order valence-electron chi connectivity index (χ4n) is 1.83. The molecule has 1 rings (SSSR count). The number of aliphatic carboxylic acids is 1. The van der Waals surface area contributed by atoms with Crippen LogP contribution in [-0.4, -0.2) is 41.1 Å². The third-order valence-corrected chi connectivity index (χ3v) is 2.89. The predicted octanol–water partition coefficient (Wildman–Crippen LogP) is 1.73. The number of rotatable bonds is 4. The molecule has 0 aliphatic carbocycles. The molecule has 88 valence electrons. The number of ether oxygens (including phenoxy) is 2. The Morgan fingerprint density at radius 2 is 2.07 bits per heavy atom. The van der Waals surface area contributed by atoms with Crippen molar-refractivity contribution in [2.24, 2.45) is 0 Å². The van der Waals surface area contributed by atoms with Crippen LogP contribution in [0.2, 0.25) is 0 Å². The molecule has 1 N–H and O–H groups in total. The van der Waals surface area contributed by atoms with Crippen LogP contribution in [0.4, 0.5) is 0 Å². The maximum absolute atomic E-state index is 10.6. The summed E-state index contributed by atoms with van der Waals surface area (Å²) >= 11 is 1.70. The third-order valence-electron chi connectivity index (χ3n) is 2.18. The van der Waals surface area contributed by atoms with Crippen molar-refractivity contribution in [1.82, 2.24) is 0 Å². The summed E-state index contributed by atoms with van der Waals surface area (Å²) in [6, 6.07) is 0. The second-order valence-electron chi connectivity index (χ2n) is 4.17. The standard InChI is InChI=1S/C10H18O4S/c1-10(2)13-7(5-9(11)12)4-8(14-10)6-15-3/h7-8H,4-6H2,1-3H3,(H,11,12)/t7-,8+/m1/s1. The zero-order chi connectivity index (χ0) is 11.5. The van der Waals surface area contributed by atoms with Gasteiger partial charge in [0.2, 0.25) is 0 Å². The molecule has 0 aromatic carbocycles. The molecule has 0 amide bonds. The fourth-order valence-corrected chi connectivity index (χ4v) is 2.40. The average Bonchev–Trinajstić information content (AvgIpc) is 1.99. The van der Waals surface area contributed by atoms with Crippen molar-refractivity contribution in [3.05, 3.63) is 0 Å². The lowest BCUT2D eigenvalue weighted by atomic mass is 10.1. The minimum Gasteiger partial charge on any atom is -0.481 e. The Kier molecular flexibility index (Phi) is 4.43. The number of thioether (sulfide) groups is 1. The van der Waals surface area contributed by atoms with E-state index in [-0.39, 0.29) is 18.6 Å². The van der Waals surface area contributed by atoms with E-state index in [0.717, 1.165) is 5.75 Å². The van der Waals surface area contributed by atoms with Crippen molar-refractivity contribution in [3.8, 4) is 0 Å². The highest BCUT2D eigenvalue weighted by Crippen LogP contribution is 2.29. The van der Waals surface area contributed by atoms with E-state index in [1.807, 2.05) is 20.1 Å². The monoisotopic (exact) mass is 234 g/mol. The Labute approximate surface area is 94.3 Å². The lowest BCUT2D eigenvalue weighted by molar-refractivity contribution is -0.295. The number of hydrogen-bond donors (Lipinski definition) is 1. The van der Waals surface area contributed by atoms with Gasteiger partial charge in [0, 0.05) is 12.2 Å². The molecule has 1 aliphatic heterocycles. The van der Waals surface area contributed by atoms with Gasteiger partial charge in [0.15, 0.2) is 5.79 Å². The minimum atomic E-state index is -0.819. The van der Waals surface area contributed by atoms with Crippen LogP contribution in [0.5, 0.6) is 0 Å². The molecule has 1 aliphatic rings. The molecule has 0 aromatic rings. The van der Waals surface area contributed by atoms with E-state index in [1.165, 1.54) is 0 Å². The highest BCUT2D eigenvalue weighted by atomic mass is 32.2. The Morgan fingerprint density at radius 3 is 2.60 bits per heavy atom. The number of hydrogen-bond acceptors (Lipinski definition) is 4. The summed E-state index contributed by atoms with van der Waals surface area (Å²) in [6.07, 6.45) is 2.59. The van der Waals surface area contributed by atoms with Gasteiger partial charge in [0.1, 0.15) is 0 Å². The van der Waals surface area contributed by atoms with Crippen molar-refractivity contribution >= 4 is 17.7 Å². The predicted molar refractivity (Wildman–Crippen MR) is 59.1 cm³/mol. The Bertz CT molecular complexity index is 229. The van der Waals surface area contributed by atoms with E-state index >= 15 is 0 Å². The van der Waals surface area contributed by atoms with Crippen LogP contribution in [0.15, 0.2) is 0 Å². The van der Waals surface area contributed by atoms with Gasteiger partial charge in [0.05, 0.1) is 18.6 Å². The van der Waals surface area contributed by atoms with E-state index in [1.54, 1.807) is 11.8 Å². The van der Waals surface area contributed by atoms with Crippen LogP contribution in [0.1, 0.15) is 26.7 Å². The summed E-state index contributed by atoms with van der Waals surface area (Å²) in [5.74, 6) is -0.609. The maximum Gasteiger partial charge on any atom is 0.305 e. The van der Waals surface area contributed by atoms with Crippen LogP contribution in [0.3, 0.4) is 0 Å². The van der Waals surface area contributed by atoms with Gasteiger partial charge < -0.3 is 14.6 Å². The summed E-state index contributed by atoms with van der Waals surface area (Å²) in [5.41, 5.74) is 0. The number of carbonyl (C=O) groups is 1. The summed E-state index contributed by atoms with van der Waals surface area (Å²) in [5, 5.41) is 8.73. The minimum absolute atomic E-state index is 0.0532. The molecule has 0 saturated carbocycles. The lowest BCUT2D eigenvalue weighted by Gasteiger charge is -2.40. The van der Waals surface area contributed by atoms with Crippen LogP contribution < -0.4 is 0 Å². The van der Waals surface area contributed by atoms with Crippen molar-refractivity contribution in [3.63, 3.8) is 0 Å². The van der Waals surface area contributed by atoms with E-state index < -0.39 is 11.8 Å². The molecule has 1 heterocycles. The SMILES string of the molecule is CSC[C@@H]1C[C@H](CC(=O)O)OC(C)(C)O1. The fraction of sp³-hybridized carbons (Fsp3) is 0.900. The molecule has 0 aromatic heterocycles. The molecule has 1 fully saturated rings. The number of carboxylic acid groups (broad SMARTS) is 1. The van der Waals surface area contributed by atoms with Gasteiger partial charge in [-0.15, -0.1) is 0 Å². The van der Waals surface area contributed by atoms with Crippen LogP contribution in [-0.2, 0) is 14.3 Å². The summed E-state index contributed by atoms with van der Waals surface area (Å²) in [7, 11) is 0. The maximum atomic E-state index is 10.6. The molecule has 4 nitrogen and oxygen atoms in total. The molecule has 0 spiro atoms. The van der Waals surface area contributed by atoms with Crippen molar-refractivity contribution < 1.29 is 19.4 Å². The highest BCUT2D eigenvalue weighted by Gasteiger charge is 2.35. The topological polar surface area (TPSA) is 55.8 Å². The normalized spacial score (nSPS) is 30.1. The smallest absolute Gasteiger partial charge is 0.305 e. The van der Waals surface area contributed by atoms with Gasteiger partial charge >= 0.3 is 5.97 Å². The van der Waals surface area contributed by atoms with Crippen LogP contribution in [0.25, 0.3) is 0 Å². The van der Waals surface area contributed by atoms with Crippen molar-refractivity contribution in [2.45, 2.75) is 44.7 Å². The van der Waals surface area contributed by atoms with Gasteiger partial charge in [-0.1, -0.05) is 0 Å². The average molecular weight is 234 g/mol. The second-order valence-corrected chi connectivity index (χ2v) is 5.08. The Morgan fingerprint density at radius 1 is 1.47 bits per heavy atom. The third kappa shape index (κ3) is 4.40. The largest absolute Gasteiger partial charge is 0.481 e. The van der Waals surface area contributed by atoms with Crippen LogP contribution >= 0.6 is 11.8 Å². The first-order chi connectivity index (χ1) is 6.93. The Balaban J connectivity index is 2.55. The van der Waals surface area contributed by atoms with Crippen molar-refractivity contribution in [2.75, 3.05) is 12.0 Å². The first-order valence-corrected chi connectivity index (χ1v) is 6.38. The first-order valence-electron chi connectivity index (χ1n) is 4.99. The zero-order valence-electron chi connectivity index (χ0n) is 9.36. The molecule has 1 saturated heterocycles. The van der Waals surface area contributed by atoms with Gasteiger partial charge in [-0.3, -0.25) is 4.79 Å². The quantitative estimate of drug-likeness (QED) is 0.803. The number of carboxylic acids is 1. The second kappa shape index (κ2) is 5.18. The molecule has 0 unspecified atom stereocenters. The van der Waals surface area contributed by atoms with Gasteiger partial charge in [0.25, 0.3) is 0 Å². The zero-order valence-corrected chi connectivity index (χ0v) is 10.2. The highest BCUT2D eigenvalue weighted by molar-refractivity contribution is 7.98. The molecule has 15 heavy (non-hydrogen) atoms. The Hall–Kier alpha value is -0.260. The molecule has 5 heteroatoms.